The van der Waals surface area contributed by atoms with Crippen molar-refractivity contribution in [3.8, 4) is 22.6 Å². The summed E-state index contributed by atoms with van der Waals surface area (Å²) in [6.45, 7) is 0. The van der Waals surface area contributed by atoms with Gasteiger partial charge in [0.25, 0.3) is 0 Å². The van der Waals surface area contributed by atoms with Gasteiger partial charge in [-0.2, -0.15) is 0 Å². The maximum atomic E-state index is 12.6. The smallest absolute Gasteiger partial charge is 0.240 e. The molecule has 33 heavy (non-hydrogen) atoms. The largest absolute Gasteiger partial charge is 0.368 e. The molecular weight excluding hydrogens is 430 g/mol. The monoisotopic (exact) mass is 455 g/mol. The summed E-state index contributed by atoms with van der Waals surface area (Å²) in [5, 5.41) is 3.15. The highest BCUT2D eigenvalue weighted by molar-refractivity contribution is 7.17. The summed E-state index contributed by atoms with van der Waals surface area (Å²) in [4.78, 5) is 30.3. The molecule has 0 radical (unpaired) electrons. The third kappa shape index (κ3) is 3.47. The average molecular weight is 456 g/mol. The molecule has 2 fully saturated rings. The van der Waals surface area contributed by atoms with E-state index < -0.39 is 0 Å². The predicted octanol–water partition coefficient (Wildman–Crippen LogP) is 5.04. The molecule has 166 valence electrons. The van der Waals surface area contributed by atoms with E-state index >= 15 is 0 Å². The summed E-state index contributed by atoms with van der Waals surface area (Å²) in [6.07, 6.45) is 7.14. The fraction of sp³-hybridized carbons (Fsp3) is 0.308. The number of primary amides is 1. The maximum absolute atomic E-state index is 12.6. The minimum atomic E-state index is -0.351. The Morgan fingerprint density at radius 2 is 1.85 bits per heavy atom. The van der Waals surface area contributed by atoms with Crippen molar-refractivity contribution in [2.75, 3.05) is 4.90 Å². The summed E-state index contributed by atoms with van der Waals surface area (Å²) >= 11 is 1.61. The van der Waals surface area contributed by atoms with Gasteiger partial charge >= 0.3 is 0 Å². The number of carbonyl (C=O) groups excluding carboxylic acids is 1. The van der Waals surface area contributed by atoms with Crippen molar-refractivity contribution in [1.29, 1.82) is 0 Å². The van der Waals surface area contributed by atoms with Gasteiger partial charge in [-0.25, -0.2) is 9.97 Å². The van der Waals surface area contributed by atoms with Crippen molar-refractivity contribution < 1.29 is 4.79 Å². The predicted molar refractivity (Wildman–Crippen MR) is 132 cm³/mol. The number of rotatable bonds is 4. The van der Waals surface area contributed by atoms with Crippen LogP contribution in [0.25, 0.3) is 32.9 Å². The van der Waals surface area contributed by atoms with Crippen LogP contribution in [-0.4, -0.2) is 32.9 Å². The van der Waals surface area contributed by atoms with Gasteiger partial charge in [0.2, 0.25) is 5.91 Å². The van der Waals surface area contributed by atoms with E-state index in [1.807, 2.05) is 36.4 Å². The Hall–Kier alpha value is -3.32. The lowest BCUT2D eigenvalue weighted by atomic mass is 9.84. The van der Waals surface area contributed by atoms with Crippen LogP contribution in [0.2, 0.25) is 0 Å². The molecule has 1 aliphatic carbocycles. The lowest BCUT2D eigenvalue weighted by molar-refractivity contribution is -0.119. The summed E-state index contributed by atoms with van der Waals surface area (Å²) in [5.74, 6) is 1.60. The van der Waals surface area contributed by atoms with Crippen molar-refractivity contribution >= 4 is 33.3 Å². The van der Waals surface area contributed by atoms with Crippen LogP contribution in [0.3, 0.4) is 0 Å². The lowest BCUT2D eigenvalue weighted by Gasteiger charge is -2.34. The van der Waals surface area contributed by atoms with Crippen molar-refractivity contribution in [3.63, 3.8) is 0 Å². The molecule has 6 rings (SSSR count). The van der Waals surface area contributed by atoms with Crippen molar-refractivity contribution in [2.45, 2.75) is 44.2 Å². The molecular formula is C26H25N5OS. The molecule has 4 heterocycles. The number of fused-ring (bicyclic) bond motifs is 2. The zero-order chi connectivity index (χ0) is 22.4. The minimum Gasteiger partial charge on any atom is -0.368 e. The molecule has 1 saturated carbocycles. The summed E-state index contributed by atoms with van der Waals surface area (Å²) in [7, 11) is 0. The number of hydrogen-bond donors (Lipinski definition) is 1. The first-order valence-corrected chi connectivity index (χ1v) is 12.4. The lowest BCUT2D eigenvalue weighted by Crippen LogP contribution is -2.45. The van der Waals surface area contributed by atoms with E-state index in [2.05, 4.69) is 27.4 Å². The topological polar surface area (TPSA) is 85.0 Å². The molecule has 2 N–H and O–H groups in total. The molecule has 0 bridgehead atoms. The summed E-state index contributed by atoms with van der Waals surface area (Å²) < 4.78 is 0. The number of aromatic nitrogens is 3. The van der Waals surface area contributed by atoms with Gasteiger partial charge in [0.1, 0.15) is 22.4 Å². The molecule has 0 unspecified atom stereocenters. The van der Waals surface area contributed by atoms with Gasteiger partial charge in [-0.15, -0.1) is 11.3 Å². The molecule has 4 aromatic rings. The van der Waals surface area contributed by atoms with E-state index in [9.17, 15) is 4.79 Å². The molecule has 0 spiro atoms. The van der Waals surface area contributed by atoms with E-state index in [4.69, 9.17) is 15.7 Å². The SMILES string of the molecule is NC(=O)[C@@H]1C[C@@H]2CCCC[C@H]2N1c1nc(-c2ccccn2)nc2scc(-c3ccccc3)c12. The summed E-state index contributed by atoms with van der Waals surface area (Å²) in [6, 6.07) is 16.0. The molecule has 1 aromatic carbocycles. The number of pyridine rings is 1. The standard InChI is InChI=1S/C26H25N5OS/c27-23(32)21-14-17-10-4-5-12-20(17)31(21)25-22-18(16-8-2-1-3-9-16)15-33-26(22)30-24(29-25)19-11-6-7-13-28-19/h1-3,6-9,11,13,15,17,20-21H,4-5,10,12,14H2,(H2,27,32)/t17-,20+,21-/m0/s1. The van der Waals surface area contributed by atoms with E-state index in [-0.39, 0.29) is 18.0 Å². The average Bonchev–Trinajstić information content (AvgIpc) is 3.47. The van der Waals surface area contributed by atoms with Gasteiger partial charge in [-0.05, 0) is 42.9 Å². The normalized spacial score (nSPS) is 22.4. The Bertz CT molecular complexity index is 1310. The van der Waals surface area contributed by atoms with Gasteiger partial charge in [0.15, 0.2) is 5.82 Å². The molecule has 6 nitrogen and oxygen atoms in total. The third-order valence-electron chi connectivity index (χ3n) is 7.05. The number of nitrogens with two attached hydrogens (primary N) is 1. The van der Waals surface area contributed by atoms with Crippen LogP contribution < -0.4 is 10.6 Å². The highest BCUT2D eigenvalue weighted by atomic mass is 32.1. The second-order valence-corrected chi connectivity index (χ2v) is 9.81. The molecule has 3 atom stereocenters. The zero-order valence-corrected chi connectivity index (χ0v) is 19.0. The quantitative estimate of drug-likeness (QED) is 0.466. The number of nitrogens with zero attached hydrogens (tertiary/aromatic N) is 4. The van der Waals surface area contributed by atoms with Crippen LogP contribution in [0.15, 0.2) is 60.1 Å². The number of anilines is 1. The van der Waals surface area contributed by atoms with Gasteiger partial charge in [-0.3, -0.25) is 9.78 Å². The fourth-order valence-electron chi connectivity index (χ4n) is 5.57. The Kier molecular flexibility index (Phi) is 5.06. The molecule has 7 heteroatoms. The first kappa shape index (κ1) is 20.3. The van der Waals surface area contributed by atoms with Crippen LogP contribution in [0.1, 0.15) is 32.1 Å². The zero-order valence-electron chi connectivity index (χ0n) is 18.2. The van der Waals surface area contributed by atoms with Crippen molar-refractivity contribution in [2.24, 2.45) is 11.7 Å². The van der Waals surface area contributed by atoms with Gasteiger partial charge in [-0.1, -0.05) is 49.2 Å². The van der Waals surface area contributed by atoms with Crippen molar-refractivity contribution in [3.05, 3.63) is 60.1 Å². The second-order valence-electron chi connectivity index (χ2n) is 8.95. The Balaban J connectivity index is 1.61. The van der Waals surface area contributed by atoms with Crippen LogP contribution in [0, 0.1) is 5.92 Å². The first-order valence-electron chi connectivity index (χ1n) is 11.5. The summed E-state index contributed by atoms with van der Waals surface area (Å²) in [5.41, 5.74) is 8.91. The number of benzene rings is 1. The minimum absolute atomic E-state index is 0.271. The van der Waals surface area contributed by atoms with Crippen LogP contribution in [0.4, 0.5) is 5.82 Å². The highest BCUT2D eigenvalue weighted by Crippen LogP contribution is 2.46. The Morgan fingerprint density at radius 3 is 2.64 bits per heavy atom. The third-order valence-corrected chi connectivity index (χ3v) is 7.93. The van der Waals surface area contributed by atoms with Gasteiger partial charge in [0.05, 0.1) is 5.39 Å². The van der Waals surface area contributed by atoms with Gasteiger partial charge in [0, 0.05) is 23.2 Å². The highest BCUT2D eigenvalue weighted by Gasteiger charge is 2.46. The van der Waals surface area contributed by atoms with Gasteiger partial charge < -0.3 is 10.6 Å². The van der Waals surface area contributed by atoms with Crippen LogP contribution in [0.5, 0.6) is 0 Å². The fourth-order valence-corrected chi connectivity index (χ4v) is 6.51. The molecule has 1 saturated heterocycles. The molecule has 1 amide bonds. The van der Waals surface area contributed by atoms with E-state index in [1.165, 1.54) is 12.8 Å². The molecule has 3 aromatic heterocycles. The molecule has 1 aliphatic heterocycles. The Morgan fingerprint density at radius 1 is 1.03 bits per heavy atom. The number of thiophene rings is 1. The van der Waals surface area contributed by atoms with Crippen LogP contribution in [-0.2, 0) is 4.79 Å². The van der Waals surface area contributed by atoms with Crippen molar-refractivity contribution in [1.82, 2.24) is 15.0 Å². The van der Waals surface area contributed by atoms with E-state index in [1.54, 1.807) is 17.5 Å². The Labute approximate surface area is 196 Å². The number of hydrogen-bond acceptors (Lipinski definition) is 6. The number of amides is 1. The number of carbonyl (C=O) groups is 1. The molecule has 2 aliphatic rings. The van der Waals surface area contributed by atoms with Crippen LogP contribution >= 0.6 is 11.3 Å². The maximum Gasteiger partial charge on any atom is 0.240 e. The van der Waals surface area contributed by atoms with E-state index in [0.29, 0.717) is 11.7 Å². The van der Waals surface area contributed by atoms with E-state index in [0.717, 1.165) is 52.1 Å². The second kappa shape index (κ2) is 8.23. The first-order chi connectivity index (χ1) is 16.2.